The van der Waals surface area contributed by atoms with Gasteiger partial charge in [0.15, 0.2) is 23.0 Å². The van der Waals surface area contributed by atoms with Crippen molar-refractivity contribution < 1.29 is 16.6 Å². The van der Waals surface area contributed by atoms with Crippen LogP contribution < -0.4 is 5.32 Å². The third-order valence-corrected chi connectivity index (χ3v) is 4.79. The van der Waals surface area contributed by atoms with E-state index in [-0.39, 0.29) is 11.5 Å². The van der Waals surface area contributed by atoms with Gasteiger partial charge in [0.05, 0.1) is 5.57 Å². The van der Waals surface area contributed by atoms with Gasteiger partial charge in [0.2, 0.25) is 3.42 Å². The Morgan fingerprint density at radius 3 is 2.68 bits per heavy atom. The Balaban J connectivity index is 2.24. The van der Waals surface area contributed by atoms with Crippen LogP contribution in [0.15, 0.2) is 29.5 Å². The fourth-order valence-electron chi connectivity index (χ4n) is 2.27. The number of nitrogens with one attached hydrogen (secondary N) is 1. The van der Waals surface area contributed by atoms with Crippen molar-refractivity contribution in [2.24, 2.45) is 0 Å². The van der Waals surface area contributed by atoms with E-state index in [9.17, 15) is 13.6 Å². The van der Waals surface area contributed by atoms with E-state index < -0.39 is 9.23 Å². The molecule has 2 atom stereocenters. The highest BCUT2D eigenvalue weighted by atomic mass is 127. The minimum atomic E-state index is -1.93. The van der Waals surface area contributed by atoms with Crippen LogP contribution >= 0.6 is 54.8 Å². The zero-order chi connectivity index (χ0) is 16.3. The molecule has 0 radical (unpaired) electrons. The first-order valence-electron chi connectivity index (χ1n) is 6.61. The number of amides is 1. The first kappa shape index (κ1) is 18.3. The monoisotopic (exact) mass is 551 g/mol. The number of allylic oxidation sites excluding steroid dienone is 1. The van der Waals surface area contributed by atoms with Gasteiger partial charge in [0.1, 0.15) is 11.6 Å². The fourth-order valence-corrected chi connectivity index (χ4v) is 3.39. The molecule has 0 heterocycles. The number of hydrogen-bond acceptors (Lipinski definition) is 2. The number of halogens is 4. The largest absolute Gasteiger partial charge is 0.432 e. The number of benzene rings is 1. The average molecular weight is 551 g/mol. The second-order valence-electron chi connectivity index (χ2n) is 4.96. The van der Waals surface area contributed by atoms with Crippen LogP contribution in [0.5, 0.6) is 0 Å². The first-order valence-corrected chi connectivity index (χ1v) is 9.15. The van der Waals surface area contributed by atoms with Gasteiger partial charge < -0.3 is 8.38 Å². The van der Waals surface area contributed by atoms with Crippen molar-refractivity contribution in [1.82, 2.24) is 0 Å². The van der Waals surface area contributed by atoms with E-state index in [0.29, 0.717) is 23.4 Å². The van der Waals surface area contributed by atoms with Gasteiger partial charge in [-0.15, -0.1) is 0 Å². The van der Waals surface area contributed by atoms with Gasteiger partial charge in [-0.1, -0.05) is 9.24 Å². The summed E-state index contributed by atoms with van der Waals surface area (Å²) < 4.78 is 30.9. The highest BCUT2D eigenvalue weighted by molar-refractivity contribution is 14.1. The summed E-state index contributed by atoms with van der Waals surface area (Å²) in [5, 5.41) is 2.69. The van der Waals surface area contributed by atoms with Crippen LogP contribution in [0, 0.1) is 5.82 Å². The predicted molar refractivity (Wildman–Crippen MR) is 102 cm³/mol. The summed E-state index contributed by atoms with van der Waals surface area (Å²) >= 11 is 3.25. The molecule has 2 unspecified atom stereocenters. The molecule has 1 N–H and O–H groups in total. The van der Waals surface area contributed by atoms with E-state index in [2.05, 4.69) is 5.32 Å². The molecule has 0 saturated heterocycles. The van der Waals surface area contributed by atoms with Crippen molar-refractivity contribution >= 4 is 66.4 Å². The number of alkyl halides is 2. The SMILES string of the molecule is O=C(Nc1ccc(F)c(C(F)(P)I)c1)C1=C(OI)CCCC1. The molecule has 3 nitrogen and oxygen atoms in total. The topological polar surface area (TPSA) is 38.3 Å². The van der Waals surface area contributed by atoms with E-state index in [0.717, 1.165) is 25.3 Å². The zero-order valence-electron chi connectivity index (χ0n) is 11.5. The number of carbonyl (C=O) groups excluding carboxylic acids is 1. The molecule has 0 saturated carbocycles. The molecule has 1 aliphatic rings. The lowest BCUT2D eigenvalue weighted by Gasteiger charge is -2.19. The molecule has 0 bridgehead atoms. The molecule has 8 heteroatoms. The molecule has 0 spiro atoms. The number of anilines is 1. The minimum Gasteiger partial charge on any atom is -0.432 e. The van der Waals surface area contributed by atoms with Crippen LogP contribution in [-0.2, 0) is 11.3 Å². The van der Waals surface area contributed by atoms with Crippen LogP contribution in [0.1, 0.15) is 31.2 Å². The van der Waals surface area contributed by atoms with Crippen molar-refractivity contribution in [2.45, 2.75) is 29.1 Å². The van der Waals surface area contributed by atoms with Gasteiger partial charge in [-0.3, -0.25) is 4.79 Å². The van der Waals surface area contributed by atoms with Crippen LogP contribution in [0.2, 0.25) is 0 Å². The minimum absolute atomic E-state index is 0.126. The van der Waals surface area contributed by atoms with Crippen molar-refractivity contribution in [2.75, 3.05) is 5.32 Å². The van der Waals surface area contributed by atoms with Crippen LogP contribution in [0.4, 0.5) is 14.5 Å². The van der Waals surface area contributed by atoms with E-state index in [1.165, 1.54) is 34.7 Å². The highest BCUT2D eigenvalue weighted by Gasteiger charge is 2.26. The highest BCUT2D eigenvalue weighted by Crippen LogP contribution is 2.42. The lowest BCUT2D eigenvalue weighted by atomic mass is 9.97. The molecule has 2 rings (SSSR count). The van der Waals surface area contributed by atoms with Gasteiger partial charge in [-0.25, -0.2) is 8.78 Å². The maximum atomic E-state index is 13.9. The summed E-state index contributed by atoms with van der Waals surface area (Å²) in [5.41, 5.74) is 0.825. The van der Waals surface area contributed by atoms with Crippen molar-refractivity contribution in [3.8, 4) is 0 Å². The molecule has 120 valence electrons. The molecule has 1 amide bonds. The van der Waals surface area contributed by atoms with Gasteiger partial charge in [0.25, 0.3) is 5.91 Å². The van der Waals surface area contributed by atoms with Crippen LogP contribution in [-0.4, -0.2) is 5.91 Å². The quantitative estimate of drug-likeness (QED) is 0.312. The Hall–Kier alpha value is -0.0200. The summed E-state index contributed by atoms with van der Waals surface area (Å²) in [4.78, 5) is 12.3. The summed E-state index contributed by atoms with van der Waals surface area (Å²) in [6, 6.07) is 3.87. The van der Waals surface area contributed by atoms with Gasteiger partial charge in [0, 0.05) is 17.7 Å². The van der Waals surface area contributed by atoms with E-state index in [1.54, 1.807) is 23.0 Å². The van der Waals surface area contributed by atoms with Crippen molar-refractivity contribution in [3.63, 3.8) is 0 Å². The van der Waals surface area contributed by atoms with Gasteiger partial charge in [-0.2, -0.15) is 0 Å². The van der Waals surface area contributed by atoms with Crippen molar-refractivity contribution in [3.05, 3.63) is 40.9 Å². The lowest BCUT2D eigenvalue weighted by molar-refractivity contribution is -0.113. The first-order chi connectivity index (χ1) is 10.3. The smallest absolute Gasteiger partial charge is 0.255 e. The predicted octanol–water partition coefficient (Wildman–Crippen LogP) is 5.35. The standard InChI is InChI=1S/C14H14F2I2NO2P/c15-11-6-5-8(7-10(11)14(16,17)22)19-13(20)9-3-1-2-4-12(9)21-18/h5-7H,1-4,22H2,(H,19,20). The van der Waals surface area contributed by atoms with E-state index >= 15 is 0 Å². The second-order valence-corrected chi connectivity index (χ2v) is 8.94. The summed E-state index contributed by atoms with van der Waals surface area (Å²) in [5.74, 6) is -0.268. The fraction of sp³-hybridized carbons (Fsp3) is 0.357. The Labute approximate surface area is 157 Å². The summed E-state index contributed by atoms with van der Waals surface area (Å²) in [6.07, 6.45) is 3.28. The number of hydrogen-bond donors (Lipinski definition) is 1. The maximum absolute atomic E-state index is 13.9. The molecule has 0 aromatic heterocycles. The lowest BCUT2D eigenvalue weighted by Crippen LogP contribution is -2.19. The van der Waals surface area contributed by atoms with E-state index in [1.807, 2.05) is 9.24 Å². The normalized spacial score (nSPS) is 17.9. The number of carbonyl (C=O) groups is 1. The summed E-state index contributed by atoms with van der Waals surface area (Å²) in [7, 11) is 1.94. The third kappa shape index (κ3) is 4.50. The molecule has 22 heavy (non-hydrogen) atoms. The second kappa shape index (κ2) is 7.70. The third-order valence-electron chi connectivity index (χ3n) is 3.37. The Bertz CT molecular complexity index is 617. The van der Waals surface area contributed by atoms with E-state index in [4.69, 9.17) is 3.07 Å². The van der Waals surface area contributed by atoms with Crippen LogP contribution in [0.3, 0.4) is 0 Å². The Kier molecular flexibility index (Phi) is 6.41. The average Bonchev–Trinajstić information content (AvgIpc) is 2.48. The Morgan fingerprint density at radius 1 is 1.36 bits per heavy atom. The molecular weight excluding hydrogens is 537 g/mol. The van der Waals surface area contributed by atoms with Gasteiger partial charge in [-0.05, 0) is 60.1 Å². The molecule has 0 fully saturated rings. The van der Waals surface area contributed by atoms with Gasteiger partial charge >= 0.3 is 0 Å². The molecule has 1 aromatic rings. The number of rotatable bonds is 4. The molecular formula is C14H14F2I2NO2P. The molecule has 1 aromatic carbocycles. The zero-order valence-corrected chi connectivity index (χ0v) is 16.9. The summed E-state index contributed by atoms with van der Waals surface area (Å²) in [6.45, 7) is 0. The molecule has 0 aliphatic heterocycles. The Morgan fingerprint density at radius 2 is 2.05 bits per heavy atom. The maximum Gasteiger partial charge on any atom is 0.255 e. The van der Waals surface area contributed by atoms with Crippen molar-refractivity contribution in [1.29, 1.82) is 0 Å². The van der Waals surface area contributed by atoms with Crippen LogP contribution in [0.25, 0.3) is 0 Å². The molecule has 1 aliphatic carbocycles.